The molecule has 0 fully saturated rings. The largest absolute Gasteiger partial charge is 0.325 e. The van der Waals surface area contributed by atoms with Crippen LogP contribution in [0.1, 0.15) is 22.3 Å². The number of anilines is 1. The van der Waals surface area contributed by atoms with Gasteiger partial charge in [0, 0.05) is 5.69 Å². The second kappa shape index (κ2) is 2.59. The molecule has 0 saturated carbocycles. The topological polar surface area (TPSA) is 29.1 Å². The molecule has 0 saturated heterocycles. The minimum Gasteiger partial charge on any atom is -0.325 e. The van der Waals surface area contributed by atoms with Crippen molar-refractivity contribution in [1.82, 2.24) is 0 Å². The van der Waals surface area contributed by atoms with Gasteiger partial charge in [-0.2, -0.15) is 0 Å². The summed E-state index contributed by atoms with van der Waals surface area (Å²) in [5.74, 6) is 0.117. The highest BCUT2D eigenvalue weighted by Crippen LogP contribution is 2.31. The Kier molecular flexibility index (Phi) is 1.65. The number of fused-ring (bicyclic) bond motifs is 1. The fraction of sp³-hybridized carbons (Fsp3) is 0.364. The van der Waals surface area contributed by atoms with Gasteiger partial charge in [0.15, 0.2) is 0 Å². The van der Waals surface area contributed by atoms with E-state index in [4.69, 9.17) is 0 Å². The molecule has 1 amide bonds. The summed E-state index contributed by atoms with van der Waals surface area (Å²) in [6, 6.07) is 2.12. The Morgan fingerprint density at radius 3 is 2.62 bits per heavy atom. The van der Waals surface area contributed by atoms with Gasteiger partial charge in [0.2, 0.25) is 5.91 Å². The molecule has 68 valence electrons. The lowest BCUT2D eigenvalue weighted by Crippen LogP contribution is -2.04. The van der Waals surface area contributed by atoms with Gasteiger partial charge in [-0.15, -0.1) is 0 Å². The predicted octanol–water partition coefficient (Wildman–Crippen LogP) is 2.11. The summed E-state index contributed by atoms with van der Waals surface area (Å²) in [4.78, 5) is 11.2. The first-order chi connectivity index (χ1) is 6.09. The lowest BCUT2D eigenvalue weighted by Gasteiger charge is -2.09. The third-order valence-electron chi connectivity index (χ3n) is 2.78. The van der Waals surface area contributed by atoms with E-state index in [0.29, 0.717) is 6.42 Å². The molecule has 1 aliphatic rings. The van der Waals surface area contributed by atoms with E-state index in [1.807, 2.05) is 6.92 Å². The Morgan fingerprint density at radius 2 is 1.92 bits per heavy atom. The molecule has 0 bridgehead atoms. The van der Waals surface area contributed by atoms with E-state index in [9.17, 15) is 4.79 Å². The van der Waals surface area contributed by atoms with Gasteiger partial charge >= 0.3 is 0 Å². The van der Waals surface area contributed by atoms with Gasteiger partial charge in [-0.3, -0.25) is 4.79 Å². The molecule has 1 aliphatic heterocycles. The quantitative estimate of drug-likeness (QED) is 0.642. The van der Waals surface area contributed by atoms with Crippen LogP contribution >= 0.6 is 0 Å². The standard InChI is InChI=1S/C11H13NO/c1-6-4-7(2)11-9(8(6)3)5-10(13)12-11/h4H,5H2,1-3H3,(H,12,13). The molecule has 0 aliphatic carbocycles. The van der Waals surface area contributed by atoms with Crippen molar-refractivity contribution in [2.24, 2.45) is 0 Å². The summed E-state index contributed by atoms with van der Waals surface area (Å²) in [6.45, 7) is 6.20. The summed E-state index contributed by atoms with van der Waals surface area (Å²) in [6.07, 6.45) is 0.545. The Hall–Kier alpha value is -1.31. The minimum atomic E-state index is 0.117. The number of nitrogens with one attached hydrogen (secondary N) is 1. The maximum atomic E-state index is 11.2. The van der Waals surface area contributed by atoms with Crippen molar-refractivity contribution < 1.29 is 4.79 Å². The third-order valence-corrected chi connectivity index (χ3v) is 2.78. The summed E-state index contributed by atoms with van der Waals surface area (Å²) >= 11 is 0. The zero-order valence-corrected chi connectivity index (χ0v) is 8.19. The van der Waals surface area contributed by atoms with Crippen molar-refractivity contribution >= 4 is 11.6 Å². The smallest absolute Gasteiger partial charge is 0.228 e. The fourth-order valence-electron chi connectivity index (χ4n) is 1.91. The SMILES string of the molecule is Cc1cc(C)c2c(c1C)CC(=O)N2. The average molecular weight is 175 g/mol. The highest BCUT2D eigenvalue weighted by Gasteiger charge is 2.21. The molecule has 1 aromatic rings. The maximum Gasteiger partial charge on any atom is 0.228 e. The van der Waals surface area contributed by atoms with Crippen LogP contribution in [0.4, 0.5) is 5.69 Å². The average Bonchev–Trinajstić information content (AvgIpc) is 2.44. The molecule has 13 heavy (non-hydrogen) atoms. The number of rotatable bonds is 0. The van der Waals surface area contributed by atoms with Crippen LogP contribution in [0.5, 0.6) is 0 Å². The molecule has 2 heteroatoms. The van der Waals surface area contributed by atoms with Crippen molar-refractivity contribution in [3.05, 3.63) is 28.3 Å². The molecule has 2 rings (SSSR count). The molecule has 0 aromatic heterocycles. The second-order valence-electron chi connectivity index (χ2n) is 3.71. The van der Waals surface area contributed by atoms with Crippen LogP contribution < -0.4 is 5.32 Å². The fourth-order valence-corrected chi connectivity index (χ4v) is 1.91. The number of hydrogen-bond acceptors (Lipinski definition) is 1. The zero-order chi connectivity index (χ0) is 9.59. The van der Waals surface area contributed by atoms with Gasteiger partial charge in [-0.1, -0.05) is 6.07 Å². The van der Waals surface area contributed by atoms with Crippen molar-refractivity contribution in [3.63, 3.8) is 0 Å². The van der Waals surface area contributed by atoms with E-state index in [1.165, 1.54) is 22.3 Å². The van der Waals surface area contributed by atoms with Gasteiger partial charge in [-0.05, 0) is 43.0 Å². The Bertz CT molecular complexity index is 394. The molecule has 2 nitrogen and oxygen atoms in total. The van der Waals surface area contributed by atoms with E-state index in [1.54, 1.807) is 0 Å². The van der Waals surface area contributed by atoms with Crippen LogP contribution in [-0.2, 0) is 11.2 Å². The Labute approximate surface area is 78.0 Å². The van der Waals surface area contributed by atoms with E-state index >= 15 is 0 Å². The first-order valence-electron chi connectivity index (χ1n) is 4.49. The molecule has 1 heterocycles. The van der Waals surface area contributed by atoms with Crippen LogP contribution in [0, 0.1) is 20.8 Å². The maximum absolute atomic E-state index is 11.2. The van der Waals surface area contributed by atoms with Crippen molar-refractivity contribution in [3.8, 4) is 0 Å². The van der Waals surface area contributed by atoms with Crippen LogP contribution in [0.2, 0.25) is 0 Å². The molecular weight excluding hydrogens is 162 g/mol. The zero-order valence-electron chi connectivity index (χ0n) is 8.19. The van der Waals surface area contributed by atoms with Crippen LogP contribution in [0.25, 0.3) is 0 Å². The van der Waals surface area contributed by atoms with Gasteiger partial charge in [0.1, 0.15) is 0 Å². The summed E-state index contributed by atoms with van der Waals surface area (Å²) < 4.78 is 0. The van der Waals surface area contributed by atoms with E-state index in [0.717, 1.165) is 5.69 Å². The van der Waals surface area contributed by atoms with Crippen molar-refractivity contribution in [2.45, 2.75) is 27.2 Å². The van der Waals surface area contributed by atoms with Crippen molar-refractivity contribution in [1.29, 1.82) is 0 Å². The monoisotopic (exact) mass is 175 g/mol. The number of carbonyl (C=O) groups is 1. The molecule has 0 unspecified atom stereocenters. The van der Waals surface area contributed by atoms with Crippen LogP contribution in [0.3, 0.4) is 0 Å². The van der Waals surface area contributed by atoms with E-state index in [-0.39, 0.29) is 5.91 Å². The van der Waals surface area contributed by atoms with Gasteiger partial charge in [0.25, 0.3) is 0 Å². The molecule has 1 aromatic carbocycles. The van der Waals surface area contributed by atoms with Gasteiger partial charge in [-0.25, -0.2) is 0 Å². The predicted molar refractivity (Wildman–Crippen MR) is 53.0 cm³/mol. The van der Waals surface area contributed by atoms with Crippen LogP contribution in [0.15, 0.2) is 6.07 Å². The summed E-state index contributed by atoms with van der Waals surface area (Å²) in [5.41, 5.74) is 5.91. The summed E-state index contributed by atoms with van der Waals surface area (Å²) in [5, 5.41) is 2.89. The van der Waals surface area contributed by atoms with Gasteiger partial charge in [0.05, 0.1) is 6.42 Å². The molecule has 0 spiro atoms. The van der Waals surface area contributed by atoms with E-state index < -0.39 is 0 Å². The summed E-state index contributed by atoms with van der Waals surface area (Å²) in [7, 11) is 0. The first-order valence-corrected chi connectivity index (χ1v) is 4.49. The molecule has 0 atom stereocenters. The van der Waals surface area contributed by atoms with Crippen LogP contribution in [-0.4, -0.2) is 5.91 Å². The highest BCUT2D eigenvalue weighted by molar-refractivity contribution is 6.00. The molecule has 1 N–H and O–H groups in total. The highest BCUT2D eigenvalue weighted by atomic mass is 16.1. The Morgan fingerprint density at radius 1 is 1.23 bits per heavy atom. The number of benzene rings is 1. The third kappa shape index (κ3) is 1.13. The minimum absolute atomic E-state index is 0.117. The number of hydrogen-bond donors (Lipinski definition) is 1. The number of amides is 1. The number of carbonyl (C=O) groups excluding carboxylic acids is 1. The first kappa shape index (κ1) is 8.30. The normalized spacial score (nSPS) is 14.2. The lowest BCUT2D eigenvalue weighted by molar-refractivity contribution is -0.115. The Balaban J connectivity index is 2.69. The van der Waals surface area contributed by atoms with E-state index in [2.05, 4.69) is 25.2 Å². The van der Waals surface area contributed by atoms with Gasteiger partial charge < -0.3 is 5.32 Å². The lowest BCUT2D eigenvalue weighted by atomic mass is 9.98. The molecular formula is C11H13NO. The molecule has 0 radical (unpaired) electrons. The second-order valence-corrected chi connectivity index (χ2v) is 3.71. The number of aryl methyl sites for hydroxylation is 2. The van der Waals surface area contributed by atoms with Crippen molar-refractivity contribution in [2.75, 3.05) is 5.32 Å².